The number of fused-ring (bicyclic) bond motifs is 1. The van der Waals surface area contributed by atoms with Gasteiger partial charge in [-0.05, 0) is 36.8 Å². The molecular formula is C27H26N2O5. The summed E-state index contributed by atoms with van der Waals surface area (Å²) < 4.78 is 16.3. The van der Waals surface area contributed by atoms with Crippen molar-refractivity contribution in [3.8, 4) is 11.5 Å². The van der Waals surface area contributed by atoms with Crippen LogP contribution < -0.4 is 20.2 Å². The van der Waals surface area contributed by atoms with Gasteiger partial charge in [0, 0.05) is 12.6 Å². The Morgan fingerprint density at radius 3 is 2.50 bits per heavy atom. The summed E-state index contributed by atoms with van der Waals surface area (Å²) in [5.41, 5.74) is 3.14. The van der Waals surface area contributed by atoms with Crippen molar-refractivity contribution in [2.24, 2.45) is 0 Å². The molecule has 0 saturated heterocycles. The number of aryl methyl sites for hydroxylation is 1. The van der Waals surface area contributed by atoms with E-state index in [1.54, 1.807) is 42.3 Å². The molecule has 0 aliphatic heterocycles. The van der Waals surface area contributed by atoms with Gasteiger partial charge in [0.15, 0.2) is 5.43 Å². The molecule has 34 heavy (non-hydrogen) atoms. The average molecular weight is 459 g/mol. The van der Waals surface area contributed by atoms with Crippen molar-refractivity contribution in [1.29, 1.82) is 0 Å². The van der Waals surface area contributed by atoms with E-state index in [4.69, 9.17) is 13.9 Å². The van der Waals surface area contributed by atoms with Crippen LogP contribution in [0.3, 0.4) is 0 Å². The number of benzene rings is 3. The van der Waals surface area contributed by atoms with Gasteiger partial charge in [-0.3, -0.25) is 4.79 Å². The van der Waals surface area contributed by atoms with Crippen molar-refractivity contribution in [3.63, 3.8) is 0 Å². The van der Waals surface area contributed by atoms with Gasteiger partial charge >= 0.3 is 6.03 Å². The second kappa shape index (κ2) is 10.1. The Bertz CT molecular complexity index is 1360. The molecule has 1 aromatic heterocycles. The minimum Gasteiger partial charge on any atom is -0.497 e. The first kappa shape index (κ1) is 22.9. The Morgan fingerprint density at radius 2 is 1.76 bits per heavy atom. The maximum absolute atomic E-state index is 13.4. The maximum Gasteiger partial charge on any atom is 0.322 e. The number of hydrogen-bond donors (Lipinski definition) is 1. The molecule has 0 fully saturated rings. The molecule has 7 nitrogen and oxygen atoms in total. The third-order valence-electron chi connectivity index (χ3n) is 5.51. The normalized spacial score (nSPS) is 10.7. The van der Waals surface area contributed by atoms with Gasteiger partial charge in [0.25, 0.3) is 0 Å². The topological polar surface area (TPSA) is 81.0 Å². The molecule has 7 heteroatoms. The van der Waals surface area contributed by atoms with E-state index >= 15 is 0 Å². The highest BCUT2D eigenvalue weighted by Gasteiger charge is 2.19. The fourth-order valence-electron chi connectivity index (χ4n) is 3.70. The predicted molar refractivity (Wildman–Crippen MR) is 131 cm³/mol. The van der Waals surface area contributed by atoms with E-state index in [1.807, 2.05) is 43.3 Å². The monoisotopic (exact) mass is 458 g/mol. The van der Waals surface area contributed by atoms with Gasteiger partial charge in [-0.2, -0.15) is 0 Å². The molecule has 0 aliphatic rings. The number of hydrogen-bond acceptors (Lipinski definition) is 5. The maximum atomic E-state index is 13.4. The SMILES string of the molecule is COc1ccc(NC(=O)N(Cc2ccccc2)Cc2coc3ccc(C)cc3c2=O)c(OC)c1. The molecular weight excluding hydrogens is 432 g/mol. The fraction of sp³-hybridized carbons (Fsp3) is 0.185. The number of rotatable bonds is 7. The molecule has 0 radical (unpaired) electrons. The van der Waals surface area contributed by atoms with E-state index in [2.05, 4.69) is 5.32 Å². The number of anilines is 1. The van der Waals surface area contributed by atoms with Crippen molar-refractivity contribution in [1.82, 2.24) is 4.90 Å². The quantitative estimate of drug-likeness (QED) is 0.404. The van der Waals surface area contributed by atoms with E-state index in [0.29, 0.717) is 40.3 Å². The lowest BCUT2D eigenvalue weighted by molar-refractivity contribution is 0.206. The van der Waals surface area contributed by atoms with Gasteiger partial charge in [-0.1, -0.05) is 42.0 Å². The van der Waals surface area contributed by atoms with Crippen molar-refractivity contribution < 1.29 is 18.7 Å². The highest BCUT2D eigenvalue weighted by Crippen LogP contribution is 2.29. The zero-order valence-electron chi connectivity index (χ0n) is 19.3. The first-order chi connectivity index (χ1) is 16.5. The summed E-state index contributed by atoms with van der Waals surface area (Å²) in [7, 11) is 3.08. The smallest absolute Gasteiger partial charge is 0.322 e. The average Bonchev–Trinajstić information content (AvgIpc) is 2.86. The molecule has 1 N–H and O–H groups in total. The van der Waals surface area contributed by atoms with Gasteiger partial charge in [0.2, 0.25) is 0 Å². The van der Waals surface area contributed by atoms with Crippen molar-refractivity contribution in [3.05, 3.63) is 99.9 Å². The minimum absolute atomic E-state index is 0.0748. The Morgan fingerprint density at radius 1 is 0.971 bits per heavy atom. The molecule has 2 amide bonds. The molecule has 3 aromatic carbocycles. The first-order valence-electron chi connectivity index (χ1n) is 10.8. The Labute approximate surface area is 197 Å². The van der Waals surface area contributed by atoms with Crippen LogP contribution in [0.1, 0.15) is 16.7 Å². The summed E-state index contributed by atoms with van der Waals surface area (Å²) in [4.78, 5) is 28.1. The molecule has 4 aromatic rings. The summed E-state index contributed by atoms with van der Waals surface area (Å²) in [6, 6.07) is 19.8. The van der Waals surface area contributed by atoms with Crippen LogP contribution in [0.5, 0.6) is 11.5 Å². The van der Waals surface area contributed by atoms with Crippen LogP contribution in [0.2, 0.25) is 0 Å². The first-order valence-corrected chi connectivity index (χ1v) is 10.8. The number of ether oxygens (including phenoxy) is 2. The Balaban J connectivity index is 1.66. The minimum atomic E-state index is -0.379. The van der Waals surface area contributed by atoms with E-state index in [0.717, 1.165) is 11.1 Å². The van der Waals surface area contributed by atoms with Gasteiger partial charge in [-0.15, -0.1) is 0 Å². The molecule has 0 atom stereocenters. The second-order valence-electron chi connectivity index (χ2n) is 7.93. The fourth-order valence-corrected chi connectivity index (χ4v) is 3.70. The van der Waals surface area contributed by atoms with Gasteiger partial charge in [-0.25, -0.2) is 4.79 Å². The van der Waals surface area contributed by atoms with E-state index in [-0.39, 0.29) is 18.0 Å². The molecule has 1 heterocycles. The van der Waals surface area contributed by atoms with Crippen molar-refractivity contribution in [2.45, 2.75) is 20.0 Å². The number of nitrogens with one attached hydrogen (secondary N) is 1. The van der Waals surface area contributed by atoms with Crippen LogP contribution in [0.4, 0.5) is 10.5 Å². The Hall–Kier alpha value is -4.26. The number of carbonyl (C=O) groups is 1. The zero-order chi connectivity index (χ0) is 24.1. The lowest BCUT2D eigenvalue weighted by Crippen LogP contribution is -2.35. The summed E-state index contributed by atoms with van der Waals surface area (Å²) in [5.74, 6) is 1.08. The highest BCUT2D eigenvalue weighted by atomic mass is 16.5. The summed E-state index contributed by atoms with van der Waals surface area (Å²) in [5, 5.41) is 3.39. The number of amides is 2. The van der Waals surface area contributed by atoms with Crippen LogP contribution in [-0.4, -0.2) is 25.2 Å². The van der Waals surface area contributed by atoms with E-state index in [9.17, 15) is 9.59 Å². The van der Waals surface area contributed by atoms with Crippen LogP contribution in [-0.2, 0) is 13.1 Å². The van der Waals surface area contributed by atoms with E-state index in [1.165, 1.54) is 13.4 Å². The van der Waals surface area contributed by atoms with Crippen LogP contribution in [0, 0.1) is 6.92 Å². The zero-order valence-corrected chi connectivity index (χ0v) is 19.3. The Kier molecular flexibility index (Phi) is 6.82. The lowest BCUT2D eigenvalue weighted by atomic mass is 10.1. The second-order valence-corrected chi connectivity index (χ2v) is 7.93. The van der Waals surface area contributed by atoms with Gasteiger partial charge in [0.05, 0.1) is 43.7 Å². The molecule has 0 aliphatic carbocycles. The number of nitrogens with zero attached hydrogens (tertiary/aromatic N) is 1. The van der Waals surface area contributed by atoms with E-state index < -0.39 is 0 Å². The summed E-state index contributed by atoms with van der Waals surface area (Å²) in [6.07, 6.45) is 1.43. The summed E-state index contributed by atoms with van der Waals surface area (Å²) >= 11 is 0. The number of carbonyl (C=O) groups excluding carboxylic acids is 1. The van der Waals surface area contributed by atoms with Crippen molar-refractivity contribution >= 4 is 22.7 Å². The largest absolute Gasteiger partial charge is 0.497 e. The number of urea groups is 1. The van der Waals surface area contributed by atoms with Crippen LogP contribution >= 0.6 is 0 Å². The van der Waals surface area contributed by atoms with Gasteiger partial charge in [0.1, 0.15) is 17.1 Å². The lowest BCUT2D eigenvalue weighted by Gasteiger charge is -2.24. The van der Waals surface area contributed by atoms with Crippen LogP contribution in [0.15, 0.2) is 82.2 Å². The molecule has 0 spiro atoms. The molecule has 0 saturated carbocycles. The molecule has 0 bridgehead atoms. The molecule has 174 valence electrons. The van der Waals surface area contributed by atoms with Crippen molar-refractivity contribution in [2.75, 3.05) is 19.5 Å². The third kappa shape index (κ3) is 5.04. The highest BCUT2D eigenvalue weighted by molar-refractivity contribution is 5.91. The standard InChI is InChI=1S/C27H26N2O5/c1-18-9-12-24-22(13-18)26(30)20(17-34-24)16-29(15-19-7-5-4-6-8-19)27(31)28-23-11-10-21(32-2)14-25(23)33-3/h4-14,17H,15-16H2,1-3H3,(H,28,31). The molecule has 4 rings (SSSR count). The summed E-state index contributed by atoms with van der Waals surface area (Å²) in [6.45, 7) is 2.30. The van der Waals surface area contributed by atoms with Crippen LogP contribution in [0.25, 0.3) is 11.0 Å². The predicted octanol–water partition coefficient (Wildman–Crippen LogP) is 5.35. The number of methoxy groups -OCH3 is 2. The van der Waals surface area contributed by atoms with Gasteiger partial charge < -0.3 is 24.1 Å². The third-order valence-corrected chi connectivity index (χ3v) is 5.51. The molecule has 0 unspecified atom stereocenters.